The highest BCUT2D eigenvalue weighted by molar-refractivity contribution is 5.69. The van der Waals surface area contributed by atoms with E-state index in [1.54, 1.807) is 0 Å². The molecule has 6 heteroatoms. The molecule has 0 amide bonds. The zero-order valence-corrected chi connectivity index (χ0v) is 23.6. The van der Waals surface area contributed by atoms with E-state index >= 15 is 0 Å². The molecule has 0 aromatic rings. The van der Waals surface area contributed by atoms with Crippen LogP contribution in [0.1, 0.15) is 133 Å². The van der Waals surface area contributed by atoms with E-state index in [4.69, 9.17) is 9.47 Å². The van der Waals surface area contributed by atoms with Gasteiger partial charge in [-0.05, 0) is 61.3 Å². The molecule has 1 unspecified atom stereocenters. The van der Waals surface area contributed by atoms with Crippen LogP contribution in [0, 0.1) is 0 Å². The van der Waals surface area contributed by atoms with Crippen molar-refractivity contribution in [3.8, 4) is 0 Å². The molecule has 0 aromatic carbocycles. The fourth-order valence-electron chi connectivity index (χ4n) is 5.69. The summed E-state index contributed by atoms with van der Waals surface area (Å²) in [5, 5.41) is 7.13. The van der Waals surface area contributed by atoms with Crippen LogP contribution in [-0.2, 0) is 19.1 Å². The van der Waals surface area contributed by atoms with Crippen molar-refractivity contribution in [2.24, 2.45) is 0 Å². The Hall–Kier alpha value is -1.14. The van der Waals surface area contributed by atoms with Crippen LogP contribution in [0.15, 0.2) is 0 Å². The Bertz CT molecular complexity index is 612. The summed E-state index contributed by atoms with van der Waals surface area (Å²) in [6.07, 6.45) is 9.35. The number of nitrogens with one attached hydrogen (secondary N) is 2. The Morgan fingerprint density at radius 1 is 0.882 bits per heavy atom. The van der Waals surface area contributed by atoms with Gasteiger partial charge in [-0.25, -0.2) is 0 Å². The lowest BCUT2D eigenvalue weighted by Crippen LogP contribution is -2.59. The Balaban J connectivity index is 2.08. The lowest BCUT2D eigenvalue weighted by Gasteiger charge is -2.45. The Morgan fingerprint density at radius 2 is 1.35 bits per heavy atom. The second-order valence-corrected chi connectivity index (χ2v) is 12.7. The van der Waals surface area contributed by atoms with E-state index < -0.39 is 0 Å². The standard InChI is InChI=1S/C28H54N2O4/c1-21(2)29-26(4,5)18-22(3)33-24(31)16-14-12-10-11-13-15-17-25(32)34-23-19-27(6,7)30-28(8,9)20-23/h21-23,29-30H,10-20H2,1-9H3. The molecule has 0 aromatic heterocycles. The van der Waals surface area contributed by atoms with E-state index in [1.165, 1.54) is 0 Å². The first-order valence-electron chi connectivity index (χ1n) is 13.6. The molecule has 0 aliphatic carbocycles. The highest BCUT2D eigenvalue weighted by Crippen LogP contribution is 2.30. The number of hydrogen-bond donors (Lipinski definition) is 2. The molecule has 1 heterocycles. The molecule has 0 saturated carbocycles. The molecule has 1 atom stereocenters. The average Bonchev–Trinajstić information content (AvgIpc) is 2.59. The van der Waals surface area contributed by atoms with Gasteiger partial charge in [0.15, 0.2) is 0 Å². The Labute approximate surface area is 209 Å². The third kappa shape index (κ3) is 14.3. The average molecular weight is 483 g/mol. The zero-order valence-electron chi connectivity index (χ0n) is 23.6. The topological polar surface area (TPSA) is 76.7 Å². The highest BCUT2D eigenvalue weighted by atomic mass is 16.5. The lowest BCUT2D eigenvalue weighted by molar-refractivity contribution is -0.153. The molecule has 1 fully saturated rings. The minimum Gasteiger partial charge on any atom is -0.463 e. The maximum Gasteiger partial charge on any atom is 0.306 e. The summed E-state index contributed by atoms with van der Waals surface area (Å²) < 4.78 is 11.4. The van der Waals surface area contributed by atoms with Gasteiger partial charge in [0.25, 0.3) is 0 Å². The molecule has 1 aliphatic rings. The summed E-state index contributed by atoms with van der Waals surface area (Å²) in [6, 6.07) is 0.401. The molecule has 2 N–H and O–H groups in total. The molecule has 200 valence electrons. The van der Waals surface area contributed by atoms with Gasteiger partial charge in [0.2, 0.25) is 0 Å². The maximum absolute atomic E-state index is 12.3. The number of ether oxygens (including phenoxy) is 2. The van der Waals surface area contributed by atoms with Crippen molar-refractivity contribution in [2.75, 3.05) is 0 Å². The van der Waals surface area contributed by atoms with Crippen molar-refractivity contribution in [3.05, 3.63) is 0 Å². The number of carbonyl (C=O) groups is 2. The quantitative estimate of drug-likeness (QED) is 0.218. The lowest BCUT2D eigenvalue weighted by atomic mass is 9.81. The number of unbranched alkanes of at least 4 members (excludes halogenated alkanes) is 5. The fraction of sp³-hybridized carbons (Fsp3) is 0.929. The van der Waals surface area contributed by atoms with Gasteiger partial charge in [0, 0.05) is 54.8 Å². The van der Waals surface area contributed by atoms with Crippen molar-refractivity contribution in [1.82, 2.24) is 10.6 Å². The van der Waals surface area contributed by atoms with Crippen molar-refractivity contribution in [1.29, 1.82) is 0 Å². The van der Waals surface area contributed by atoms with Gasteiger partial charge >= 0.3 is 11.9 Å². The van der Waals surface area contributed by atoms with Gasteiger partial charge in [0.05, 0.1) is 0 Å². The van der Waals surface area contributed by atoms with E-state index in [9.17, 15) is 9.59 Å². The Morgan fingerprint density at radius 3 is 1.85 bits per heavy atom. The van der Waals surface area contributed by atoms with E-state index in [-0.39, 0.29) is 40.8 Å². The second kappa shape index (κ2) is 13.8. The first-order chi connectivity index (χ1) is 15.6. The first kappa shape index (κ1) is 30.9. The van der Waals surface area contributed by atoms with E-state index in [1.807, 2.05) is 6.92 Å². The van der Waals surface area contributed by atoms with Crippen molar-refractivity contribution in [2.45, 2.75) is 168 Å². The number of carbonyl (C=O) groups excluding carboxylic acids is 2. The van der Waals surface area contributed by atoms with Crippen LogP contribution in [0.5, 0.6) is 0 Å². The van der Waals surface area contributed by atoms with Crippen LogP contribution in [0.4, 0.5) is 0 Å². The molecule has 1 saturated heterocycles. The van der Waals surface area contributed by atoms with Gasteiger partial charge in [-0.2, -0.15) is 0 Å². The summed E-state index contributed by atoms with van der Waals surface area (Å²) in [7, 11) is 0. The summed E-state index contributed by atoms with van der Waals surface area (Å²) >= 11 is 0. The van der Waals surface area contributed by atoms with Crippen LogP contribution in [0.25, 0.3) is 0 Å². The van der Waals surface area contributed by atoms with Crippen LogP contribution < -0.4 is 10.6 Å². The van der Waals surface area contributed by atoms with Crippen molar-refractivity contribution in [3.63, 3.8) is 0 Å². The van der Waals surface area contributed by atoms with Gasteiger partial charge in [0.1, 0.15) is 12.2 Å². The van der Waals surface area contributed by atoms with E-state index in [0.29, 0.717) is 18.9 Å². The molecular formula is C28H54N2O4. The van der Waals surface area contributed by atoms with Crippen LogP contribution >= 0.6 is 0 Å². The summed E-state index contributed by atoms with van der Waals surface area (Å²) in [6.45, 7) is 19.2. The molecule has 34 heavy (non-hydrogen) atoms. The van der Waals surface area contributed by atoms with Gasteiger partial charge in [-0.3, -0.25) is 9.59 Å². The van der Waals surface area contributed by atoms with E-state index in [2.05, 4.69) is 66.0 Å². The number of esters is 2. The molecule has 1 rings (SSSR count). The van der Waals surface area contributed by atoms with Gasteiger partial charge < -0.3 is 20.1 Å². The van der Waals surface area contributed by atoms with Gasteiger partial charge in [-0.15, -0.1) is 0 Å². The predicted molar refractivity (Wildman–Crippen MR) is 140 cm³/mol. The summed E-state index contributed by atoms with van der Waals surface area (Å²) in [5.74, 6) is -0.165. The van der Waals surface area contributed by atoms with Crippen LogP contribution in [-0.4, -0.2) is 46.8 Å². The predicted octanol–water partition coefficient (Wildman–Crippen LogP) is 6.06. The monoisotopic (exact) mass is 482 g/mol. The maximum atomic E-state index is 12.3. The number of piperidine rings is 1. The summed E-state index contributed by atoms with van der Waals surface area (Å²) in [5.41, 5.74) is -0.0848. The van der Waals surface area contributed by atoms with Gasteiger partial charge in [-0.1, -0.05) is 39.5 Å². The highest BCUT2D eigenvalue weighted by Gasteiger charge is 2.39. The second-order valence-electron chi connectivity index (χ2n) is 12.7. The molecule has 6 nitrogen and oxygen atoms in total. The molecule has 0 spiro atoms. The molecule has 0 radical (unpaired) electrons. The van der Waals surface area contributed by atoms with Crippen molar-refractivity contribution < 1.29 is 19.1 Å². The van der Waals surface area contributed by atoms with Crippen LogP contribution in [0.3, 0.4) is 0 Å². The Kier molecular flexibility index (Phi) is 12.6. The smallest absolute Gasteiger partial charge is 0.306 e. The van der Waals surface area contributed by atoms with Crippen LogP contribution in [0.2, 0.25) is 0 Å². The SMILES string of the molecule is CC(C)NC(C)(C)CC(C)OC(=O)CCCCCCCCC(=O)OC1CC(C)(C)NC(C)(C)C1. The zero-order chi connectivity index (χ0) is 26.0. The molecule has 1 aliphatic heterocycles. The third-order valence-corrected chi connectivity index (χ3v) is 6.27. The van der Waals surface area contributed by atoms with E-state index in [0.717, 1.165) is 57.8 Å². The molecular weight excluding hydrogens is 428 g/mol. The minimum atomic E-state index is -0.0974. The number of rotatable bonds is 15. The molecule has 0 bridgehead atoms. The van der Waals surface area contributed by atoms with Crippen molar-refractivity contribution >= 4 is 11.9 Å². The minimum absolute atomic E-state index is 0.00114. The largest absolute Gasteiger partial charge is 0.463 e. The summed E-state index contributed by atoms with van der Waals surface area (Å²) in [4.78, 5) is 24.4. The fourth-order valence-corrected chi connectivity index (χ4v) is 5.69. The number of hydrogen-bond acceptors (Lipinski definition) is 6. The third-order valence-electron chi connectivity index (χ3n) is 6.27. The normalized spacial score (nSPS) is 19.1. The first-order valence-corrected chi connectivity index (χ1v) is 13.6.